The topological polar surface area (TPSA) is 99.0 Å². The van der Waals surface area contributed by atoms with E-state index in [0.717, 1.165) is 22.2 Å². The lowest BCUT2D eigenvalue weighted by Gasteiger charge is -2.13. The van der Waals surface area contributed by atoms with Crippen LogP contribution in [0.5, 0.6) is 11.5 Å². The number of hydrogen-bond donors (Lipinski definition) is 0. The quantitative estimate of drug-likeness (QED) is 0.200. The molecule has 1 aliphatic rings. The number of carbonyl (C=O) groups excluding carboxylic acids is 2. The molecular formula is C24H17BrN2O6S. The van der Waals surface area contributed by atoms with Crippen LogP contribution in [0.15, 0.2) is 76.1 Å². The van der Waals surface area contributed by atoms with Gasteiger partial charge in [-0.25, -0.2) is 4.90 Å². The molecule has 1 aliphatic heterocycles. The number of carbonyl (C=O) groups is 2. The highest BCUT2D eigenvalue weighted by atomic mass is 79.9. The van der Waals surface area contributed by atoms with E-state index in [2.05, 4.69) is 15.9 Å². The number of nitro benzene ring substituents is 1. The maximum Gasteiger partial charge on any atom is 0.298 e. The van der Waals surface area contributed by atoms with Crippen LogP contribution < -0.4 is 14.4 Å². The van der Waals surface area contributed by atoms with Crippen molar-refractivity contribution in [2.45, 2.75) is 6.61 Å². The van der Waals surface area contributed by atoms with Crippen molar-refractivity contribution in [1.82, 2.24) is 0 Å². The summed E-state index contributed by atoms with van der Waals surface area (Å²) in [4.78, 5) is 37.1. The van der Waals surface area contributed by atoms with E-state index < -0.39 is 10.8 Å². The Bertz CT molecular complexity index is 1290. The second kappa shape index (κ2) is 10.1. The third-order valence-electron chi connectivity index (χ3n) is 4.92. The minimum Gasteiger partial charge on any atom is -0.493 e. The second-order valence-electron chi connectivity index (χ2n) is 7.09. The van der Waals surface area contributed by atoms with Gasteiger partial charge >= 0.3 is 0 Å². The van der Waals surface area contributed by atoms with Crippen LogP contribution >= 0.6 is 27.7 Å². The van der Waals surface area contributed by atoms with Gasteiger partial charge < -0.3 is 9.47 Å². The second-order valence-corrected chi connectivity index (χ2v) is 8.94. The summed E-state index contributed by atoms with van der Waals surface area (Å²) in [5.41, 5.74) is 1.91. The first-order valence-electron chi connectivity index (χ1n) is 9.94. The molecule has 0 aliphatic carbocycles. The number of imide groups is 1. The van der Waals surface area contributed by atoms with E-state index in [1.807, 2.05) is 6.07 Å². The van der Waals surface area contributed by atoms with Gasteiger partial charge in [-0.2, -0.15) is 0 Å². The number of para-hydroxylation sites is 1. The van der Waals surface area contributed by atoms with Gasteiger partial charge in [0.25, 0.3) is 16.8 Å². The van der Waals surface area contributed by atoms with Crippen molar-refractivity contribution in [2.75, 3.05) is 12.0 Å². The molecule has 172 valence electrons. The third-order valence-corrected chi connectivity index (χ3v) is 6.48. The predicted molar refractivity (Wildman–Crippen MR) is 133 cm³/mol. The number of methoxy groups -OCH3 is 1. The normalized spacial score (nSPS) is 14.5. The molecule has 3 aromatic rings. The van der Waals surface area contributed by atoms with Gasteiger partial charge in [0.05, 0.1) is 22.6 Å². The lowest BCUT2D eigenvalue weighted by Crippen LogP contribution is -2.27. The minimum atomic E-state index is -0.460. The molecule has 0 atom stereocenters. The Morgan fingerprint density at radius 3 is 2.41 bits per heavy atom. The molecule has 0 aromatic heterocycles. The average molecular weight is 541 g/mol. The zero-order valence-electron chi connectivity index (χ0n) is 17.8. The van der Waals surface area contributed by atoms with Gasteiger partial charge in [-0.15, -0.1) is 0 Å². The van der Waals surface area contributed by atoms with Gasteiger partial charge in [0.2, 0.25) is 0 Å². The van der Waals surface area contributed by atoms with E-state index in [9.17, 15) is 19.7 Å². The Kier molecular flexibility index (Phi) is 6.99. The molecule has 3 aromatic carbocycles. The van der Waals surface area contributed by atoms with Gasteiger partial charge in [0.1, 0.15) is 6.61 Å². The Labute approximate surface area is 207 Å². The summed E-state index contributed by atoms with van der Waals surface area (Å²) in [5.74, 6) is 0.478. The van der Waals surface area contributed by atoms with Crippen molar-refractivity contribution in [2.24, 2.45) is 0 Å². The van der Waals surface area contributed by atoms with Gasteiger partial charge in [-0.05, 0) is 65.4 Å². The first-order valence-corrected chi connectivity index (χ1v) is 11.5. The monoisotopic (exact) mass is 540 g/mol. The van der Waals surface area contributed by atoms with Gasteiger partial charge in [-0.3, -0.25) is 19.7 Å². The maximum absolute atomic E-state index is 12.9. The van der Waals surface area contributed by atoms with E-state index in [0.29, 0.717) is 27.2 Å². The van der Waals surface area contributed by atoms with E-state index in [-0.39, 0.29) is 22.4 Å². The van der Waals surface area contributed by atoms with Crippen LogP contribution in [-0.2, 0) is 11.4 Å². The van der Waals surface area contributed by atoms with E-state index >= 15 is 0 Å². The zero-order chi connectivity index (χ0) is 24.2. The van der Waals surface area contributed by atoms with E-state index in [4.69, 9.17) is 9.47 Å². The molecule has 2 amide bonds. The van der Waals surface area contributed by atoms with Gasteiger partial charge in [0.15, 0.2) is 11.5 Å². The molecule has 8 nitrogen and oxygen atoms in total. The zero-order valence-corrected chi connectivity index (χ0v) is 20.2. The van der Waals surface area contributed by atoms with Crippen LogP contribution in [-0.4, -0.2) is 23.2 Å². The molecule has 34 heavy (non-hydrogen) atoms. The number of hydrogen-bond acceptors (Lipinski definition) is 7. The molecule has 10 heteroatoms. The summed E-state index contributed by atoms with van der Waals surface area (Å²) in [5, 5.41) is 10.4. The lowest BCUT2D eigenvalue weighted by atomic mass is 10.1. The lowest BCUT2D eigenvalue weighted by molar-refractivity contribution is -0.384. The summed E-state index contributed by atoms with van der Waals surface area (Å²) in [6.07, 6.45) is 1.63. The summed E-state index contributed by atoms with van der Waals surface area (Å²) < 4.78 is 11.9. The number of benzene rings is 3. The van der Waals surface area contributed by atoms with Crippen molar-refractivity contribution in [1.29, 1.82) is 0 Å². The number of nitrogens with zero attached hydrogens (tertiary/aromatic N) is 2. The largest absolute Gasteiger partial charge is 0.493 e. The summed E-state index contributed by atoms with van der Waals surface area (Å²) in [6, 6.07) is 18.2. The molecule has 4 rings (SSSR count). The maximum atomic E-state index is 12.9. The van der Waals surface area contributed by atoms with Crippen LogP contribution in [0.3, 0.4) is 0 Å². The Morgan fingerprint density at radius 2 is 1.76 bits per heavy atom. The molecule has 0 spiro atoms. The molecule has 0 bridgehead atoms. The number of nitro groups is 1. The molecule has 0 unspecified atom stereocenters. The Hall–Kier alpha value is -3.63. The fraction of sp³-hybridized carbons (Fsp3) is 0.0833. The fourth-order valence-corrected chi connectivity index (χ4v) is 4.49. The number of ether oxygens (including phenoxy) is 2. The predicted octanol–water partition coefficient (Wildman–Crippen LogP) is 6.19. The van der Waals surface area contributed by atoms with Crippen molar-refractivity contribution < 1.29 is 24.0 Å². The molecule has 0 N–H and O–H groups in total. The van der Waals surface area contributed by atoms with Crippen molar-refractivity contribution in [3.05, 3.63) is 97.3 Å². The first-order chi connectivity index (χ1) is 16.4. The van der Waals surface area contributed by atoms with Gasteiger partial charge in [-0.1, -0.05) is 34.1 Å². The van der Waals surface area contributed by atoms with Crippen molar-refractivity contribution in [3.63, 3.8) is 0 Å². The number of thioether (sulfide) groups is 1. The highest BCUT2D eigenvalue weighted by Crippen LogP contribution is 2.39. The third kappa shape index (κ3) is 4.97. The smallest absolute Gasteiger partial charge is 0.298 e. The average Bonchev–Trinajstić information content (AvgIpc) is 3.12. The molecule has 0 radical (unpaired) electrons. The van der Waals surface area contributed by atoms with Crippen LogP contribution in [0.1, 0.15) is 11.1 Å². The molecule has 1 saturated heterocycles. The first kappa shape index (κ1) is 23.5. The molecular weight excluding hydrogens is 524 g/mol. The number of rotatable bonds is 7. The van der Waals surface area contributed by atoms with Crippen LogP contribution in [0.2, 0.25) is 0 Å². The van der Waals surface area contributed by atoms with E-state index in [1.54, 1.807) is 54.6 Å². The minimum absolute atomic E-state index is 0.00473. The van der Waals surface area contributed by atoms with Gasteiger partial charge in [0, 0.05) is 16.6 Å². The summed E-state index contributed by atoms with van der Waals surface area (Å²) in [7, 11) is 1.50. The Balaban J connectivity index is 1.55. The number of anilines is 1. The fourth-order valence-electron chi connectivity index (χ4n) is 3.22. The van der Waals surface area contributed by atoms with Crippen LogP contribution in [0.25, 0.3) is 6.08 Å². The SMILES string of the molecule is COc1cc(/C=C2\SC(=O)N(c3ccccc3)C2=O)c(Br)cc1OCc1ccc([N+](=O)[O-])cc1. The highest BCUT2D eigenvalue weighted by Gasteiger charge is 2.36. The molecule has 1 heterocycles. The number of non-ortho nitro benzene ring substituents is 1. The Morgan fingerprint density at radius 1 is 1.06 bits per heavy atom. The number of halogens is 1. The molecule has 1 fully saturated rings. The molecule has 0 saturated carbocycles. The van der Waals surface area contributed by atoms with E-state index in [1.165, 1.54) is 19.2 Å². The summed E-state index contributed by atoms with van der Waals surface area (Å²) in [6.45, 7) is 0.177. The summed E-state index contributed by atoms with van der Waals surface area (Å²) >= 11 is 4.36. The number of amides is 2. The van der Waals surface area contributed by atoms with Crippen molar-refractivity contribution >= 4 is 56.3 Å². The van der Waals surface area contributed by atoms with Crippen LogP contribution in [0, 0.1) is 10.1 Å². The van der Waals surface area contributed by atoms with Crippen molar-refractivity contribution in [3.8, 4) is 11.5 Å². The highest BCUT2D eigenvalue weighted by molar-refractivity contribution is 9.10. The van der Waals surface area contributed by atoms with Crippen LogP contribution in [0.4, 0.5) is 16.2 Å². The standard InChI is InChI=1S/C24H17BrN2O6S/c1-32-20-11-16(12-22-23(28)26(24(29)34-22)17-5-3-2-4-6-17)19(25)13-21(20)33-14-15-7-9-18(10-8-15)27(30)31/h2-13H,14H2,1H3/b22-12-.